The number of aliphatic hydroxyl groups excluding tert-OH is 5. The number of phosphoric ester groups is 2. The van der Waals surface area contributed by atoms with E-state index in [2.05, 4.69) is 35.8 Å². The Kier molecular flexibility index (Phi) is 34.7. The summed E-state index contributed by atoms with van der Waals surface area (Å²) in [4.78, 5) is 54.2. The van der Waals surface area contributed by atoms with Gasteiger partial charge in [0.05, 0.1) is 12.7 Å². The third-order valence-electron chi connectivity index (χ3n) is 10.4. The number of hydrogen-bond donors (Lipinski definition) is 8. The first kappa shape index (κ1) is 61.4. The molecule has 1 fully saturated rings. The smallest absolute Gasteiger partial charge is 0.462 e. The lowest BCUT2D eigenvalue weighted by molar-refractivity contribution is -0.216. The van der Waals surface area contributed by atoms with Gasteiger partial charge in [-0.1, -0.05) is 145 Å². The molecule has 0 aliphatic heterocycles. The van der Waals surface area contributed by atoms with Crippen LogP contribution >= 0.6 is 15.6 Å². The summed E-state index contributed by atoms with van der Waals surface area (Å²) in [7, 11) is -10.7. The first-order valence-electron chi connectivity index (χ1n) is 23.6. The number of rotatable bonds is 38. The predicted molar refractivity (Wildman–Crippen MR) is 252 cm³/mol. The number of aliphatic hydroxyl groups is 5. The number of hydrogen-bond acceptors (Lipinski definition) is 14. The zero-order chi connectivity index (χ0) is 49.1. The van der Waals surface area contributed by atoms with E-state index in [1.165, 1.54) is 38.5 Å². The van der Waals surface area contributed by atoms with Gasteiger partial charge in [0.15, 0.2) is 6.10 Å². The lowest BCUT2D eigenvalue weighted by Crippen LogP contribution is -2.64. The molecule has 0 amide bonds. The molecule has 0 radical (unpaired) electrons. The summed E-state index contributed by atoms with van der Waals surface area (Å²) in [5.41, 5.74) is 0. The fraction of sp³-hybridized carbons (Fsp3) is 0.702. The highest BCUT2D eigenvalue weighted by Gasteiger charge is 2.54. The zero-order valence-electron chi connectivity index (χ0n) is 39.0. The number of carbonyl (C=O) groups is 2. The summed E-state index contributed by atoms with van der Waals surface area (Å²) in [6.07, 6.45) is 26.7. The average Bonchev–Trinajstić information content (AvgIpc) is 3.27. The molecule has 9 atom stereocenters. The van der Waals surface area contributed by atoms with Crippen molar-refractivity contribution in [3.63, 3.8) is 0 Å². The number of unbranched alkanes of at least 4 members (excludes halogenated alkanes) is 12. The van der Waals surface area contributed by atoms with Gasteiger partial charge in [-0.2, -0.15) is 0 Å². The summed E-state index contributed by atoms with van der Waals surface area (Å²) < 4.78 is 49.3. The van der Waals surface area contributed by atoms with E-state index in [1.807, 2.05) is 49.5 Å². The van der Waals surface area contributed by atoms with Crippen molar-refractivity contribution in [2.24, 2.45) is 0 Å². The van der Waals surface area contributed by atoms with Crippen molar-refractivity contribution in [3.8, 4) is 0 Å². The Balaban J connectivity index is 2.63. The van der Waals surface area contributed by atoms with Crippen LogP contribution in [0.1, 0.15) is 149 Å². The topological polar surface area (TPSA) is 276 Å². The van der Waals surface area contributed by atoms with Gasteiger partial charge in [0.25, 0.3) is 0 Å². The molecule has 0 heterocycles. The second kappa shape index (κ2) is 37.3. The highest BCUT2D eigenvalue weighted by Crippen LogP contribution is 2.49. The molecule has 0 saturated heterocycles. The van der Waals surface area contributed by atoms with E-state index < -0.39 is 89.6 Å². The van der Waals surface area contributed by atoms with E-state index in [0.717, 1.165) is 57.8 Å². The van der Waals surface area contributed by atoms with Gasteiger partial charge in [-0.15, -0.1) is 0 Å². The number of esters is 2. The van der Waals surface area contributed by atoms with Gasteiger partial charge >= 0.3 is 27.6 Å². The summed E-state index contributed by atoms with van der Waals surface area (Å²) in [5.74, 6) is -1.30. The van der Waals surface area contributed by atoms with Gasteiger partial charge < -0.3 is 49.7 Å². The van der Waals surface area contributed by atoms with E-state index in [0.29, 0.717) is 25.7 Å². The van der Waals surface area contributed by atoms with Gasteiger partial charge in [-0.3, -0.25) is 23.2 Å². The summed E-state index contributed by atoms with van der Waals surface area (Å²) >= 11 is 0. The van der Waals surface area contributed by atoms with E-state index in [9.17, 15) is 58.9 Å². The van der Waals surface area contributed by atoms with E-state index in [1.54, 1.807) is 6.08 Å². The van der Waals surface area contributed by atoms with Crippen LogP contribution in [0, 0.1) is 0 Å². The minimum Gasteiger partial charge on any atom is -0.462 e. The fourth-order valence-electron chi connectivity index (χ4n) is 6.66. The molecule has 8 N–H and O–H groups in total. The maximum atomic E-state index is 13.0. The zero-order valence-corrected chi connectivity index (χ0v) is 40.7. The molecule has 0 aromatic rings. The van der Waals surface area contributed by atoms with Crippen LogP contribution in [-0.4, -0.2) is 114 Å². The van der Waals surface area contributed by atoms with Gasteiger partial charge in [-0.25, -0.2) is 9.13 Å². The minimum atomic E-state index is -5.38. The monoisotopic (exact) mass is 978 g/mol. The van der Waals surface area contributed by atoms with Gasteiger partial charge in [0, 0.05) is 12.8 Å². The van der Waals surface area contributed by atoms with Crippen LogP contribution < -0.4 is 0 Å². The summed E-state index contributed by atoms with van der Waals surface area (Å²) in [6.45, 7) is 2.64. The van der Waals surface area contributed by atoms with E-state index in [-0.39, 0.29) is 12.8 Å². The Bertz CT molecular complexity index is 1570. The molecule has 0 aromatic heterocycles. The molecule has 17 nitrogen and oxygen atoms in total. The summed E-state index contributed by atoms with van der Waals surface area (Å²) in [5, 5.41) is 50.7. The molecule has 380 valence electrons. The Morgan fingerprint density at radius 3 is 1.64 bits per heavy atom. The molecule has 1 aliphatic carbocycles. The van der Waals surface area contributed by atoms with Crippen molar-refractivity contribution in [2.75, 3.05) is 13.2 Å². The molecular weight excluding hydrogens is 898 g/mol. The van der Waals surface area contributed by atoms with Crippen molar-refractivity contribution in [2.45, 2.75) is 198 Å². The average molecular weight is 979 g/mol. The highest BCUT2D eigenvalue weighted by atomic mass is 31.2. The molecule has 1 rings (SSSR count). The third kappa shape index (κ3) is 31.4. The number of carbonyl (C=O) groups excluding carboxylic acids is 2. The number of allylic oxidation sites excluding steroid dienone is 11. The SMILES string of the molecule is CC/C=C\CCCCCCCCCCCCCC(=O)O[C@H](COC(=O)CCC/C=C\C/C=C\C/C=C\C/C=C\C=C\[C@@H](O)CC)COP(=O)(O)O[C@H]1C(O)C(O)C(O)[C@@H](OP(=O)(O)O)C1O. The quantitative estimate of drug-likeness (QED) is 0.00963. The Morgan fingerprint density at radius 1 is 0.561 bits per heavy atom. The van der Waals surface area contributed by atoms with Crippen LogP contribution in [0.3, 0.4) is 0 Å². The van der Waals surface area contributed by atoms with Crippen molar-refractivity contribution in [1.29, 1.82) is 0 Å². The third-order valence-corrected chi connectivity index (χ3v) is 11.9. The standard InChI is InChI=1S/C47H80O17P2/c1-3-5-6-7-8-9-10-11-12-17-20-23-26-29-32-35-41(50)62-39(37-61-66(58,59)64-47-44(53)42(51)43(52)46(45(47)54)63-65(55,56)57)36-60-40(49)34-31-28-25-22-19-16-14-13-15-18-21-24-27-30-33-38(48)4-2/h5-6,14-16,18,22,24-25,27,30,33,38-39,42-48,51-54H,3-4,7-13,17,19-21,23,26,28-29,31-32,34-37H2,1-2H3,(H,58,59)(H2,55,56,57)/b6-5-,16-14-,18-15-,25-22-,27-24-,33-30+/t38-,39+,42?,43?,44?,45?,46+,47-/m0/s1. The summed E-state index contributed by atoms with van der Waals surface area (Å²) in [6, 6.07) is 0. The minimum absolute atomic E-state index is 0.0208. The predicted octanol–water partition coefficient (Wildman–Crippen LogP) is 7.81. The van der Waals surface area contributed by atoms with Crippen LogP contribution in [0.15, 0.2) is 72.9 Å². The lowest BCUT2D eigenvalue weighted by Gasteiger charge is -2.43. The molecular formula is C47H80O17P2. The highest BCUT2D eigenvalue weighted by molar-refractivity contribution is 7.47. The molecule has 1 saturated carbocycles. The number of phosphoric acid groups is 2. The second-order valence-electron chi connectivity index (χ2n) is 16.3. The molecule has 66 heavy (non-hydrogen) atoms. The van der Waals surface area contributed by atoms with Crippen LogP contribution in [0.4, 0.5) is 0 Å². The maximum Gasteiger partial charge on any atom is 0.472 e. The van der Waals surface area contributed by atoms with E-state index >= 15 is 0 Å². The van der Waals surface area contributed by atoms with Crippen molar-refractivity contribution in [1.82, 2.24) is 0 Å². The Morgan fingerprint density at radius 2 is 1.06 bits per heavy atom. The Labute approximate surface area is 392 Å². The van der Waals surface area contributed by atoms with E-state index in [4.69, 9.17) is 18.5 Å². The molecule has 0 spiro atoms. The van der Waals surface area contributed by atoms with Crippen molar-refractivity contribution in [3.05, 3.63) is 72.9 Å². The van der Waals surface area contributed by atoms with Crippen LogP contribution in [-0.2, 0) is 41.8 Å². The van der Waals surface area contributed by atoms with Crippen LogP contribution in [0.5, 0.6) is 0 Å². The number of ether oxygens (including phenoxy) is 2. The molecule has 1 aliphatic rings. The fourth-order valence-corrected chi connectivity index (χ4v) is 8.20. The molecule has 5 unspecified atom stereocenters. The maximum absolute atomic E-state index is 13.0. The van der Waals surface area contributed by atoms with Gasteiger partial charge in [-0.05, 0) is 64.2 Å². The molecule has 19 heteroatoms. The van der Waals surface area contributed by atoms with Crippen LogP contribution in [0.2, 0.25) is 0 Å². The Hall–Kier alpha value is -2.60. The van der Waals surface area contributed by atoms with Gasteiger partial charge in [0.1, 0.15) is 43.2 Å². The molecule has 0 aromatic carbocycles. The van der Waals surface area contributed by atoms with Crippen molar-refractivity contribution >= 4 is 27.6 Å². The lowest BCUT2D eigenvalue weighted by atomic mass is 9.85. The second-order valence-corrected chi connectivity index (χ2v) is 18.9. The first-order chi connectivity index (χ1) is 31.5. The largest absolute Gasteiger partial charge is 0.472 e. The van der Waals surface area contributed by atoms with Crippen LogP contribution in [0.25, 0.3) is 0 Å². The van der Waals surface area contributed by atoms with Gasteiger partial charge in [0.2, 0.25) is 0 Å². The normalized spacial score (nSPS) is 22.6. The van der Waals surface area contributed by atoms with Crippen molar-refractivity contribution < 1.29 is 82.0 Å². The first-order valence-corrected chi connectivity index (χ1v) is 26.6. The molecule has 0 bridgehead atoms.